The quantitative estimate of drug-likeness (QED) is 0.862. The average Bonchev–Trinajstić information content (AvgIpc) is 2.82. The minimum absolute atomic E-state index is 0.259. The van der Waals surface area contributed by atoms with Crippen molar-refractivity contribution in [2.45, 2.75) is 13.0 Å². The lowest BCUT2D eigenvalue weighted by atomic mass is 10.0. The van der Waals surface area contributed by atoms with E-state index >= 15 is 0 Å². The number of halogens is 3. The average molecular weight is 299 g/mol. The van der Waals surface area contributed by atoms with Crippen LogP contribution in [0.15, 0.2) is 18.3 Å². The standard InChI is InChI=1S/C14H16F3N3O/c1-4-18-13(14-11(21-3)7-19-20(14)2)8-5-9(15)12(17)10(16)6-8/h5-7,13,18H,4H2,1-3H3. The van der Waals surface area contributed by atoms with Crippen molar-refractivity contribution in [2.75, 3.05) is 13.7 Å². The number of methoxy groups -OCH3 is 1. The van der Waals surface area contributed by atoms with Crippen LogP contribution in [-0.2, 0) is 7.05 Å². The molecule has 1 N–H and O–H groups in total. The molecule has 1 unspecified atom stereocenters. The monoisotopic (exact) mass is 299 g/mol. The molecule has 0 saturated heterocycles. The van der Waals surface area contributed by atoms with E-state index in [-0.39, 0.29) is 5.56 Å². The van der Waals surface area contributed by atoms with E-state index in [0.717, 1.165) is 12.1 Å². The van der Waals surface area contributed by atoms with Crippen LogP contribution in [0.3, 0.4) is 0 Å². The van der Waals surface area contributed by atoms with Crippen molar-refractivity contribution in [1.29, 1.82) is 0 Å². The topological polar surface area (TPSA) is 39.1 Å². The van der Waals surface area contributed by atoms with Crippen LogP contribution in [0.5, 0.6) is 5.75 Å². The third-order valence-corrected chi connectivity index (χ3v) is 3.19. The normalized spacial score (nSPS) is 12.5. The van der Waals surface area contributed by atoms with Crippen LogP contribution in [0, 0.1) is 17.5 Å². The van der Waals surface area contributed by atoms with Gasteiger partial charge in [0.15, 0.2) is 23.2 Å². The summed E-state index contributed by atoms with van der Waals surface area (Å²) >= 11 is 0. The van der Waals surface area contributed by atoms with Gasteiger partial charge in [0, 0.05) is 7.05 Å². The largest absolute Gasteiger partial charge is 0.493 e. The van der Waals surface area contributed by atoms with Gasteiger partial charge in [0.25, 0.3) is 0 Å². The molecule has 2 aromatic rings. The van der Waals surface area contributed by atoms with Gasteiger partial charge in [-0.3, -0.25) is 4.68 Å². The minimum atomic E-state index is -1.48. The lowest BCUT2D eigenvalue weighted by Gasteiger charge is -2.20. The molecule has 21 heavy (non-hydrogen) atoms. The molecule has 0 amide bonds. The van der Waals surface area contributed by atoms with Crippen LogP contribution in [0.25, 0.3) is 0 Å². The first-order valence-corrected chi connectivity index (χ1v) is 6.43. The van der Waals surface area contributed by atoms with Crippen LogP contribution >= 0.6 is 0 Å². The third-order valence-electron chi connectivity index (χ3n) is 3.19. The van der Waals surface area contributed by atoms with Crippen LogP contribution in [-0.4, -0.2) is 23.4 Å². The number of aryl methyl sites for hydroxylation is 1. The van der Waals surface area contributed by atoms with E-state index in [4.69, 9.17) is 4.74 Å². The highest BCUT2D eigenvalue weighted by molar-refractivity contribution is 5.37. The van der Waals surface area contributed by atoms with E-state index in [0.29, 0.717) is 18.0 Å². The fraction of sp³-hybridized carbons (Fsp3) is 0.357. The van der Waals surface area contributed by atoms with Crippen molar-refractivity contribution in [2.24, 2.45) is 7.05 Å². The van der Waals surface area contributed by atoms with Crippen LogP contribution in [0.2, 0.25) is 0 Å². The maximum atomic E-state index is 13.5. The summed E-state index contributed by atoms with van der Waals surface area (Å²) in [4.78, 5) is 0. The van der Waals surface area contributed by atoms with E-state index in [1.165, 1.54) is 13.3 Å². The number of nitrogens with zero attached hydrogens (tertiary/aromatic N) is 2. The van der Waals surface area contributed by atoms with Crippen molar-refractivity contribution in [3.63, 3.8) is 0 Å². The Morgan fingerprint density at radius 3 is 2.43 bits per heavy atom. The summed E-state index contributed by atoms with van der Waals surface area (Å²) in [6, 6.07) is 1.37. The van der Waals surface area contributed by atoms with Gasteiger partial charge < -0.3 is 10.1 Å². The van der Waals surface area contributed by atoms with Gasteiger partial charge in [-0.2, -0.15) is 5.10 Å². The lowest BCUT2D eigenvalue weighted by Crippen LogP contribution is -2.25. The molecule has 7 heteroatoms. The zero-order chi connectivity index (χ0) is 15.6. The summed E-state index contributed by atoms with van der Waals surface area (Å²) < 4.78 is 46.8. The van der Waals surface area contributed by atoms with Gasteiger partial charge in [0.2, 0.25) is 0 Å². The van der Waals surface area contributed by atoms with E-state index in [1.54, 1.807) is 11.7 Å². The van der Waals surface area contributed by atoms with E-state index in [1.807, 2.05) is 6.92 Å². The summed E-state index contributed by atoms with van der Waals surface area (Å²) in [5.41, 5.74) is 0.861. The van der Waals surface area contributed by atoms with Gasteiger partial charge >= 0.3 is 0 Å². The highest BCUT2D eigenvalue weighted by Crippen LogP contribution is 2.30. The van der Waals surface area contributed by atoms with Gasteiger partial charge in [-0.05, 0) is 24.2 Å². The molecule has 0 spiro atoms. The Morgan fingerprint density at radius 2 is 1.90 bits per heavy atom. The molecule has 0 radical (unpaired) electrons. The van der Waals surface area contributed by atoms with Gasteiger partial charge in [-0.25, -0.2) is 13.2 Å². The van der Waals surface area contributed by atoms with Crippen molar-refractivity contribution in [3.05, 3.63) is 47.0 Å². The first kappa shape index (κ1) is 15.4. The number of rotatable bonds is 5. The molecule has 114 valence electrons. The molecular weight excluding hydrogens is 283 g/mol. The number of ether oxygens (including phenoxy) is 1. The van der Waals surface area contributed by atoms with Gasteiger partial charge in [-0.1, -0.05) is 6.92 Å². The number of nitrogens with one attached hydrogen (secondary N) is 1. The minimum Gasteiger partial charge on any atom is -0.493 e. The van der Waals surface area contributed by atoms with Crippen LogP contribution in [0.1, 0.15) is 24.2 Å². The molecule has 0 fully saturated rings. The van der Waals surface area contributed by atoms with Crippen LogP contribution < -0.4 is 10.1 Å². The van der Waals surface area contributed by atoms with Gasteiger partial charge in [0.05, 0.1) is 19.3 Å². The van der Waals surface area contributed by atoms with Crippen molar-refractivity contribution in [1.82, 2.24) is 15.1 Å². The second-order valence-corrected chi connectivity index (χ2v) is 4.51. The second kappa shape index (κ2) is 6.17. The van der Waals surface area contributed by atoms with Crippen molar-refractivity contribution in [3.8, 4) is 5.75 Å². The van der Waals surface area contributed by atoms with Gasteiger partial charge in [-0.15, -0.1) is 0 Å². The molecular formula is C14H16F3N3O. The highest BCUT2D eigenvalue weighted by atomic mass is 19.2. The maximum Gasteiger partial charge on any atom is 0.194 e. The molecule has 1 atom stereocenters. The molecule has 1 aromatic carbocycles. The number of hydrogen-bond donors (Lipinski definition) is 1. The smallest absolute Gasteiger partial charge is 0.194 e. The van der Waals surface area contributed by atoms with E-state index < -0.39 is 23.5 Å². The predicted molar refractivity (Wildman–Crippen MR) is 71.6 cm³/mol. The summed E-state index contributed by atoms with van der Waals surface area (Å²) in [5, 5.41) is 7.16. The molecule has 1 aromatic heterocycles. The molecule has 0 aliphatic rings. The number of aromatic nitrogens is 2. The van der Waals surface area contributed by atoms with Crippen molar-refractivity contribution >= 4 is 0 Å². The van der Waals surface area contributed by atoms with E-state index in [2.05, 4.69) is 10.4 Å². The predicted octanol–water partition coefficient (Wildman–Crippen LogP) is 2.54. The summed E-state index contributed by atoms with van der Waals surface area (Å²) in [6.45, 7) is 2.39. The number of benzene rings is 1. The summed E-state index contributed by atoms with van der Waals surface area (Å²) in [5.74, 6) is -3.46. The first-order chi connectivity index (χ1) is 9.99. The zero-order valence-electron chi connectivity index (χ0n) is 12.0. The Labute approximate surface area is 120 Å². The maximum absolute atomic E-state index is 13.5. The molecule has 1 heterocycles. The molecule has 0 saturated carbocycles. The summed E-state index contributed by atoms with van der Waals surface area (Å²) in [6.07, 6.45) is 1.51. The first-order valence-electron chi connectivity index (χ1n) is 6.43. The second-order valence-electron chi connectivity index (χ2n) is 4.51. The molecule has 4 nitrogen and oxygen atoms in total. The van der Waals surface area contributed by atoms with Crippen molar-refractivity contribution < 1.29 is 17.9 Å². The Balaban J connectivity index is 2.56. The van der Waals surface area contributed by atoms with E-state index in [9.17, 15) is 13.2 Å². The Kier molecular flexibility index (Phi) is 4.52. The molecule has 0 bridgehead atoms. The van der Waals surface area contributed by atoms with Gasteiger partial charge in [0.1, 0.15) is 5.69 Å². The number of hydrogen-bond acceptors (Lipinski definition) is 3. The molecule has 0 aliphatic heterocycles. The fourth-order valence-corrected chi connectivity index (χ4v) is 2.23. The lowest BCUT2D eigenvalue weighted by molar-refractivity contribution is 0.400. The molecule has 0 aliphatic carbocycles. The fourth-order valence-electron chi connectivity index (χ4n) is 2.23. The highest BCUT2D eigenvalue weighted by Gasteiger charge is 2.24. The third kappa shape index (κ3) is 2.87. The van der Waals surface area contributed by atoms with Crippen LogP contribution in [0.4, 0.5) is 13.2 Å². The Morgan fingerprint density at radius 1 is 1.29 bits per heavy atom. The Hall–Kier alpha value is -2.02. The Bertz CT molecular complexity index is 619. The zero-order valence-corrected chi connectivity index (χ0v) is 12.0. The molecule has 2 rings (SSSR count). The SMILES string of the molecule is CCNC(c1cc(F)c(F)c(F)c1)c1c(OC)cnn1C. The summed E-state index contributed by atoms with van der Waals surface area (Å²) in [7, 11) is 3.17.